The molecule has 5 nitrogen and oxygen atoms in total. The molecule has 0 aromatic heterocycles. The third kappa shape index (κ3) is 3.17. The van der Waals surface area contributed by atoms with Crippen molar-refractivity contribution in [3.63, 3.8) is 0 Å². The molecule has 0 bridgehead atoms. The summed E-state index contributed by atoms with van der Waals surface area (Å²) in [5, 5.41) is 2.49. The quantitative estimate of drug-likeness (QED) is 0.828. The SMILES string of the molecule is CCN(C(N)=O)C(=O)Nc1ccc(F)cc1C. The number of imide groups is 1. The van der Waals surface area contributed by atoms with Gasteiger partial charge in [-0.25, -0.2) is 18.9 Å². The maximum atomic E-state index is 12.8. The van der Waals surface area contributed by atoms with Crippen molar-refractivity contribution in [3.8, 4) is 0 Å². The van der Waals surface area contributed by atoms with Crippen LogP contribution in [0.3, 0.4) is 0 Å². The predicted octanol–water partition coefficient (Wildman–Crippen LogP) is 2.07. The van der Waals surface area contributed by atoms with Crippen molar-refractivity contribution < 1.29 is 14.0 Å². The average molecular weight is 239 g/mol. The van der Waals surface area contributed by atoms with E-state index < -0.39 is 12.1 Å². The summed E-state index contributed by atoms with van der Waals surface area (Å²) in [5.74, 6) is -0.386. The van der Waals surface area contributed by atoms with Crippen LogP contribution in [0.5, 0.6) is 0 Å². The molecule has 1 aromatic carbocycles. The fourth-order valence-electron chi connectivity index (χ4n) is 1.35. The standard InChI is InChI=1S/C11H14FN3O2/c1-3-15(10(13)16)11(17)14-9-5-4-8(12)6-7(9)2/h4-6H,3H2,1-2H3,(H2,13,16)(H,14,17). The van der Waals surface area contributed by atoms with Gasteiger partial charge in [0.2, 0.25) is 0 Å². The highest BCUT2D eigenvalue weighted by atomic mass is 19.1. The number of benzene rings is 1. The lowest BCUT2D eigenvalue weighted by Crippen LogP contribution is -2.43. The lowest BCUT2D eigenvalue weighted by atomic mass is 10.2. The summed E-state index contributed by atoms with van der Waals surface area (Å²) in [7, 11) is 0. The maximum absolute atomic E-state index is 12.8. The summed E-state index contributed by atoms with van der Waals surface area (Å²) in [5.41, 5.74) is 6.04. The Balaban J connectivity index is 2.84. The van der Waals surface area contributed by atoms with Crippen LogP contribution in [-0.4, -0.2) is 23.5 Å². The first-order valence-electron chi connectivity index (χ1n) is 5.09. The van der Waals surface area contributed by atoms with Crippen molar-refractivity contribution in [1.29, 1.82) is 0 Å². The number of anilines is 1. The number of carbonyl (C=O) groups is 2. The Labute approximate surface area is 98.4 Å². The van der Waals surface area contributed by atoms with Gasteiger partial charge >= 0.3 is 12.1 Å². The Hall–Kier alpha value is -2.11. The van der Waals surface area contributed by atoms with E-state index in [-0.39, 0.29) is 12.4 Å². The zero-order chi connectivity index (χ0) is 13.0. The van der Waals surface area contributed by atoms with Crippen molar-refractivity contribution in [2.45, 2.75) is 13.8 Å². The molecule has 4 amide bonds. The smallest absolute Gasteiger partial charge is 0.329 e. The van der Waals surface area contributed by atoms with Crippen molar-refractivity contribution in [1.82, 2.24) is 4.90 Å². The summed E-state index contributed by atoms with van der Waals surface area (Å²) in [6, 6.07) is 2.48. The fraction of sp³-hybridized carbons (Fsp3) is 0.273. The second-order valence-corrected chi connectivity index (χ2v) is 3.47. The van der Waals surface area contributed by atoms with Crippen LogP contribution in [0.25, 0.3) is 0 Å². The minimum Gasteiger partial charge on any atom is -0.351 e. The lowest BCUT2D eigenvalue weighted by molar-refractivity contribution is 0.202. The second-order valence-electron chi connectivity index (χ2n) is 3.47. The topological polar surface area (TPSA) is 75.4 Å². The highest BCUT2D eigenvalue weighted by molar-refractivity contribution is 6.00. The molecule has 0 aliphatic heterocycles. The molecule has 17 heavy (non-hydrogen) atoms. The third-order valence-corrected chi connectivity index (χ3v) is 2.26. The highest BCUT2D eigenvalue weighted by Gasteiger charge is 2.17. The highest BCUT2D eigenvalue weighted by Crippen LogP contribution is 2.16. The Morgan fingerprint density at radius 1 is 1.47 bits per heavy atom. The Kier molecular flexibility index (Phi) is 4.03. The first-order valence-corrected chi connectivity index (χ1v) is 5.09. The molecule has 0 saturated heterocycles. The van der Waals surface area contributed by atoms with Crippen LogP contribution in [0, 0.1) is 12.7 Å². The van der Waals surface area contributed by atoms with Gasteiger partial charge in [-0.05, 0) is 37.6 Å². The maximum Gasteiger partial charge on any atom is 0.329 e. The van der Waals surface area contributed by atoms with Gasteiger partial charge in [0.25, 0.3) is 0 Å². The number of hydrogen-bond donors (Lipinski definition) is 2. The molecule has 0 atom stereocenters. The number of nitrogens with zero attached hydrogens (tertiary/aromatic N) is 1. The number of primary amides is 1. The molecule has 0 unspecified atom stereocenters. The molecule has 0 spiro atoms. The molecule has 0 fully saturated rings. The van der Waals surface area contributed by atoms with Gasteiger partial charge in [-0.1, -0.05) is 0 Å². The minimum absolute atomic E-state index is 0.168. The van der Waals surface area contributed by atoms with Crippen LogP contribution in [0.1, 0.15) is 12.5 Å². The molecule has 1 rings (SSSR count). The van der Waals surface area contributed by atoms with Crippen LogP contribution in [0.4, 0.5) is 19.7 Å². The molecule has 0 aliphatic rings. The molecular weight excluding hydrogens is 225 g/mol. The molecule has 0 radical (unpaired) electrons. The van der Waals surface area contributed by atoms with E-state index in [1.165, 1.54) is 18.2 Å². The largest absolute Gasteiger partial charge is 0.351 e. The zero-order valence-electron chi connectivity index (χ0n) is 9.66. The Morgan fingerprint density at radius 3 is 2.59 bits per heavy atom. The van der Waals surface area contributed by atoms with Gasteiger partial charge in [0, 0.05) is 12.2 Å². The number of nitrogens with two attached hydrogens (primary N) is 1. The average Bonchev–Trinajstić information content (AvgIpc) is 2.22. The van der Waals surface area contributed by atoms with Crippen molar-refractivity contribution in [2.24, 2.45) is 5.73 Å². The van der Waals surface area contributed by atoms with E-state index in [1.54, 1.807) is 13.8 Å². The number of rotatable bonds is 2. The summed E-state index contributed by atoms with van der Waals surface area (Å²) in [6.07, 6.45) is 0. The zero-order valence-corrected chi connectivity index (χ0v) is 9.66. The number of aryl methyl sites for hydroxylation is 1. The normalized spacial score (nSPS) is 9.82. The summed E-state index contributed by atoms with van der Waals surface area (Å²) in [4.78, 5) is 23.4. The molecule has 1 aromatic rings. The molecular formula is C11H14FN3O2. The van der Waals surface area contributed by atoms with E-state index in [1.807, 2.05) is 0 Å². The molecule has 0 heterocycles. The molecule has 0 saturated carbocycles. The van der Waals surface area contributed by atoms with E-state index >= 15 is 0 Å². The first kappa shape index (κ1) is 13.0. The number of carbonyl (C=O) groups excluding carboxylic acids is 2. The van der Waals surface area contributed by atoms with E-state index in [9.17, 15) is 14.0 Å². The van der Waals surface area contributed by atoms with Crippen LogP contribution < -0.4 is 11.1 Å². The van der Waals surface area contributed by atoms with Gasteiger partial charge < -0.3 is 11.1 Å². The molecule has 3 N–H and O–H groups in total. The van der Waals surface area contributed by atoms with E-state index in [0.29, 0.717) is 11.3 Å². The van der Waals surface area contributed by atoms with E-state index in [4.69, 9.17) is 5.73 Å². The number of hydrogen-bond acceptors (Lipinski definition) is 2. The van der Waals surface area contributed by atoms with Gasteiger partial charge in [-0.3, -0.25) is 0 Å². The molecule has 92 valence electrons. The first-order chi connectivity index (χ1) is 7.95. The van der Waals surface area contributed by atoms with E-state index in [2.05, 4.69) is 5.32 Å². The van der Waals surface area contributed by atoms with Gasteiger partial charge in [0.1, 0.15) is 5.82 Å². The van der Waals surface area contributed by atoms with Crippen LogP contribution in [0.2, 0.25) is 0 Å². The Bertz CT molecular complexity index is 448. The van der Waals surface area contributed by atoms with Gasteiger partial charge in [0.05, 0.1) is 0 Å². The van der Waals surface area contributed by atoms with Gasteiger partial charge in [0.15, 0.2) is 0 Å². The van der Waals surface area contributed by atoms with E-state index in [0.717, 1.165) is 4.90 Å². The number of urea groups is 2. The number of halogens is 1. The number of amides is 4. The second kappa shape index (κ2) is 5.29. The third-order valence-electron chi connectivity index (χ3n) is 2.26. The number of nitrogens with one attached hydrogen (secondary N) is 1. The van der Waals surface area contributed by atoms with Crippen molar-refractivity contribution >= 4 is 17.7 Å². The monoisotopic (exact) mass is 239 g/mol. The molecule has 6 heteroatoms. The van der Waals surface area contributed by atoms with Gasteiger partial charge in [-0.15, -0.1) is 0 Å². The Morgan fingerprint density at radius 2 is 2.12 bits per heavy atom. The summed E-state index contributed by atoms with van der Waals surface area (Å²) >= 11 is 0. The predicted molar refractivity (Wildman–Crippen MR) is 62.1 cm³/mol. The van der Waals surface area contributed by atoms with Crippen molar-refractivity contribution in [2.75, 3.05) is 11.9 Å². The minimum atomic E-state index is -0.829. The van der Waals surface area contributed by atoms with Gasteiger partial charge in [-0.2, -0.15) is 0 Å². The van der Waals surface area contributed by atoms with Crippen molar-refractivity contribution in [3.05, 3.63) is 29.6 Å². The summed E-state index contributed by atoms with van der Waals surface area (Å²) in [6.45, 7) is 3.45. The van der Waals surface area contributed by atoms with Crippen LogP contribution in [-0.2, 0) is 0 Å². The fourth-order valence-corrected chi connectivity index (χ4v) is 1.35. The van der Waals surface area contributed by atoms with Crippen LogP contribution in [0.15, 0.2) is 18.2 Å². The lowest BCUT2D eigenvalue weighted by Gasteiger charge is -2.17. The summed E-state index contributed by atoms with van der Waals surface area (Å²) < 4.78 is 12.8. The molecule has 0 aliphatic carbocycles. The van der Waals surface area contributed by atoms with Crippen LogP contribution >= 0.6 is 0 Å².